The number of unbranched alkanes of at least 4 members (excludes halogenated alkanes) is 14. The predicted octanol–water partition coefficient (Wildman–Crippen LogP) is 8.77. The van der Waals surface area contributed by atoms with Gasteiger partial charge in [-0.25, -0.2) is 0 Å². The summed E-state index contributed by atoms with van der Waals surface area (Å²) in [5.74, 6) is -1.87. The molecule has 294 valence electrons. The lowest BCUT2D eigenvalue weighted by Gasteiger charge is -2.21. The molecular formula is C41H71NO8S. The smallest absolute Gasteiger partial charge is 0.323 e. The Kier molecular flexibility index (Phi) is 34.3. The van der Waals surface area contributed by atoms with Crippen molar-refractivity contribution < 1.29 is 39.2 Å². The standard InChI is InChI=1S/C41H71NO8S/c1-3-5-7-9-11-13-15-17-19-21-23-25-29-38(37(44)28-27-30-39(45)46)51-34-36(42)41(48)50-33-35(43)32-49-40(47)31-26-24-22-20-18-16-14-12-10-8-6-4-2/h11,13,17,19,21,23,25,29,35-38,43-44H,3-10,12,14-16,18,20,22,24,26-28,30-34,42H2,1-2H3,(H,45,46)/b13-11-,19-17-,23-21+,29-25+/t35-,36-,37-,38+/m0/s1. The number of carbonyl (C=O) groups is 3. The lowest BCUT2D eigenvalue weighted by molar-refractivity contribution is -0.153. The lowest BCUT2D eigenvalue weighted by atomic mass is 10.0. The van der Waals surface area contributed by atoms with Gasteiger partial charge < -0.3 is 30.5 Å². The second kappa shape index (κ2) is 36.0. The second-order valence-electron chi connectivity index (χ2n) is 13.3. The molecule has 0 heterocycles. The number of rotatable bonds is 35. The molecule has 9 nitrogen and oxygen atoms in total. The fourth-order valence-electron chi connectivity index (χ4n) is 5.17. The monoisotopic (exact) mass is 737 g/mol. The van der Waals surface area contributed by atoms with Gasteiger partial charge >= 0.3 is 17.9 Å². The first-order chi connectivity index (χ1) is 24.7. The molecule has 0 rings (SSSR count). The van der Waals surface area contributed by atoms with Crippen LogP contribution < -0.4 is 5.73 Å². The minimum atomic E-state index is -1.16. The summed E-state index contributed by atoms with van der Waals surface area (Å²) in [5.41, 5.74) is 6.04. The van der Waals surface area contributed by atoms with Gasteiger partial charge in [0.2, 0.25) is 0 Å². The van der Waals surface area contributed by atoms with Crippen molar-refractivity contribution in [2.24, 2.45) is 5.73 Å². The molecule has 0 unspecified atom stereocenters. The maximum atomic E-state index is 12.5. The Morgan fingerprint density at radius 1 is 0.686 bits per heavy atom. The van der Waals surface area contributed by atoms with Crippen molar-refractivity contribution in [2.45, 2.75) is 172 Å². The Bertz CT molecular complexity index is 983. The van der Waals surface area contributed by atoms with Gasteiger partial charge in [0.15, 0.2) is 0 Å². The fourth-order valence-corrected chi connectivity index (χ4v) is 6.30. The molecule has 0 spiro atoms. The Hall–Kier alpha value is -2.40. The van der Waals surface area contributed by atoms with Crippen LogP contribution in [0, 0.1) is 0 Å². The zero-order chi connectivity index (χ0) is 37.8. The zero-order valence-electron chi connectivity index (χ0n) is 31.8. The van der Waals surface area contributed by atoms with Crippen LogP contribution in [0.3, 0.4) is 0 Å². The number of carboxylic acids is 1. The van der Waals surface area contributed by atoms with E-state index in [0.29, 0.717) is 12.8 Å². The third kappa shape index (κ3) is 33.2. The number of hydrogen-bond acceptors (Lipinski definition) is 9. The van der Waals surface area contributed by atoms with Crippen LogP contribution in [0.1, 0.15) is 149 Å². The van der Waals surface area contributed by atoms with Crippen molar-refractivity contribution in [3.8, 4) is 0 Å². The normalized spacial score (nSPS) is 14.5. The number of allylic oxidation sites excluding steroid dienone is 7. The summed E-state index contributed by atoms with van der Waals surface area (Å²) in [4.78, 5) is 35.4. The van der Waals surface area contributed by atoms with Gasteiger partial charge in [0.05, 0.1) is 6.10 Å². The third-order valence-electron chi connectivity index (χ3n) is 8.31. The Morgan fingerprint density at radius 2 is 1.27 bits per heavy atom. The Morgan fingerprint density at radius 3 is 1.92 bits per heavy atom. The first-order valence-corrected chi connectivity index (χ1v) is 20.7. The van der Waals surface area contributed by atoms with Crippen molar-refractivity contribution in [1.82, 2.24) is 0 Å². The van der Waals surface area contributed by atoms with Crippen molar-refractivity contribution in [3.63, 3.8) is 0 Å². The highest BCUT2D eigenvalue weighted by molar-refractivity contribution is 8.00. The summed E-state index contributed by atoms with van der Waals surface area (Å²) in [7, 11) is 0. The average Bonchev–Trinajstić information content (AvgIpc) is 3.11. The zero-order valence-corrected chi connectivity index (χ0v) is 32.6. The van der Waals surface area contributed by atoms with Crippen LogP contribution in [-0.4, -0.2) is 75.7 Å². The molecule has 0 bridgehead atoms. The molecule has 5 N–H and O–H groups in total. The summed E-state index contributed by atoms with van der Waals surface area (Å²) < 4.78 is 10.3. The van der Waals surface area contributed by atoms with E-state index in [1.54, 1.807) is 0 Å². The van der Waals surface area contributed by atoms with Gasteiger partial charge in [0.25, 0.3) is 0 Å². The average molecular weight is 738 g/mol. The number of aliphatic hydroxyl groups excluding tert-OH is 2. The van der Waals surface area contributed by atoms with E-state index in [1.165, 1.54) is 88.8 Å². The maximum Gasteiger partial charge on any atom is 0.323 e. The molecule has 0 aromatic rings. The number of esters is 2. The number of thioether (sulfide) groups is 1. The van der Waals surface area contributed by atoms with Gasteiger partial charge in [-0.15, -0.1) is 11.8 Å². The molecule has 0 saturated carbocycles. The number of ether oxygens (including phenoxy) is 2. The largest absolute Gasteiger partial charge is 0.481 e. The second-order valence-corrected chi connectivity index (χ2v) is 14.5. The molecule has 51 heavy (non-hydrogen) atoms. The maximum absolute atomic E-state index is 12.5. The molecule has 0 aliphatic rings. The topological polar surface area (TPSA) is 156 Å². The van der Waals surface area contributed by atoms with Crippen molar-refractivity contribution in [3.05, 3.63) is 48.6 Å². The molecule has 0 aromatic heterocycles. The first kappa shape index (κ1) is 48.6. The highest BCUT2D eigenvalue weighted by atomic mass is 32.2. The van der Waals surface area contributed by atoms with E-state index in [9.17, 15) is 24.6 Å². The van der Waals surface area contributed by atoms with E-state index in [4.69, 9.17) is 20.3 Å². The fraction of sp³-hybridized carbons (Fsp3) is 0.732. The molecule has 0 aliphatic heterocycles. The van der Waals surface area contributed by atoms with E-state index in [-0.39, 0.29) is 37.8 Å². The number of carboxylic acid groups (broad SMARTS) is 1. The van der Waals surface area contributed by atoms with Crippen LogP contribution in [0.2, 0.25) is 0 Å². The van der Waals surface area contributed by atoms with E-state index in [1.807, 2.05) is 30.4 Å². The summed E-state index contributed by atoms with van der Waals surface area (Å²) >= 11 is 1.27. The number of aliphatic carboxylic acids is 1. The minimum absolute atomic E-state index is 0.0429. The van der Waals surface area contributed by atoms with Crippen LogP contribution in [0.4, 0.5) is 0 Å². The molecular weight excluding hydrogens is 667 g/mol. The van der Waals surface area contributed by atoms with Crippen LogP contribution in [0.5, 0.6) is 0 Å². The number of aliphatic hydroxyl groups is 2. The van der Waals surface area contributed by atoms with Gasteiger partial charge in [-0.2, -0.15) is 0 Å². The van der Waals surface area contributed by atoms with E-state index in [0.717, 1.165) is 32.1 Å². The Balaban J connectivity index is 4.41. The third-order valence-corrected chi connectivity index (χ3v) is 9.72. The van der Waals surface area contributed by atoms with Crippen molar-refractivity contribution in [1.29, 1.82) is 0 Å². The molecule has 4 atom stereocenters. The SMILES string of the molecule is CCCCC/C=C\C\C=C/C=C/C=C/[C@@H](SC[C@H](N)C(=O)OC[C@@H](O)COC(=O)CCCCCCCCCCCCCC)[C@@H](O)CCCC(=O)O. The predicted molar refractivity (Wildman–Crippen MR) is 211 cm³/mol. The van der Waals surface area contributed by atoms with Gasteiger partial charge in [-0.3, -0.25) is 14.4 Å². The molecule has 0 aliphatic carbocycles. The molecule has 0 aromatic carbocycles. The van der Waals surface area contributed by atoms with E-state index < -0.39 is 35.4 Å². The van der Waals surface area contributed by atoms with Crippen LogP contribution >= 0.6 is 11.8 Å². The molecule has 0 amide bonds. The van der Waals surface area contributed by atoms with Gasteiger partial charge in [-0.1, -0.05) is 146 Å². The van der Waals surface area contributed by atoms with Crippen molar-refractivity contribution in [2.75, 3.05) is 19.0 Å². The minimum Gasteiger partial charge on any atom is -0.481 e. The summed E-state index contributed by atoms with van der Waals surface area (Å²) in [6.45, 7) is 3.82. The van der Waals surface area contributed by atoms with Crippen molar-refractivity contribution >= 4 is 29.7 Å². The number of nitrogens with two attached hydrogens (primary N) is 1. The summed E-state index contributed by atoms with van der Waals surface area (Å²) in [5, 5.41) is 29.4. The lowest BCUT2D eigenvalue weighted by Crippen LogP contribution is -2.38. The summed E-state index contributed by atoms with van der Waals surface area (Å²) in [6.07, 6.45) is 34.8. The van der Waals surface area contributed by atoms with E-state index >= 15 is 0 Å². The highest BCUT2D eigenvalue weighted by Crippen LogP contribution is 2.21. The number of hydrogen-bond donors (Lipinski definition) is 4. The van der Waals surface area contributed by atoms with Crippen LogP contribution in [0.15, 0.2) is 48.6 Å². The van der Waals surface area contributed by atoms with Gasteiger partial charge in [0, 0.05) is 23.8 Å². The highest BCUT2D eigenvalue weighted by Gasteiger charge is 2.23. The van der Waals surface area contributed by atoms with Gasteiger partial charge in [-0.05, 0) is 38.5 Å². The molecule has 0 fully saturated rings. The quantitative estimate of drug-likeness (QED) is 0.0215. The molecule has 10 heteroatoms. The van der Waals surface area contributed by atoms with E-state index in [2.05, 4.69) is 32.1 Å². The number of carbonyl (C=O) groups excluding carboxylic acids is 2. The molecule has 0 saturated heterocycles. The Labute approximate surface area is 313 Å². The molecule has 0 radical (unpaired) electrons. The van der Waals surface area contributed by atoms with Crippen LogP contribution in [-0.2, 0) is 23.9 Å². The van der Waals surface area contributed by atoms with Crippen LogP contribution in [0.25, 0.3) is 0 Å². The first-order valence-electron chi connectivity index (χ1n) is 19.6. The van der Waals surface area contributed by atoms with Gasteiger partial charge in [0.1, 0.15) is 25.4 Å². The summed E-state index contributed by atoms with van der Waals surface area (Å²) in [6, 6.07) is -1.01.